The number of nitrogens with zero attached hydrogens (tertiary/aromatic N) is 6. The van der Waals surface area contributed by atoms with Crippen molar-refractivity contribution in [3.05, 3.63) is 145 Å². The Labute approximate surface area is 253 Å². The maximum absolute atomic E-state index is 8.93. The van der Waals surface area contributed by atoms with Gasteiger partial charge in [-0.25, -0.2) is 0 Å². The largest absolute Gasteiger partial charge is 0.298 e. The number of pyridine rings is 6. The third kappa shape index (κ3) is 5.23. The number of allylic oxidation sites excluding steroid dienone is 4. The molecule has 7 rings (SSSR count). The quantitative estimate of drug-likeness (QED) is 0.204. The van der Waals surface area contributed by atoms with Gasteiger partial charge in [0.05, 0.1) is 45.6 Å². The second kappa shape index (κ2) is 11.5. The van der Waals surface area contributed by atoms with Gasteiger partial charge >= 0.3 is 0 Å². The highest BCUT2D eigenvalue weighted by atomic mass is 14.8. The summed E-state index contributed by atoms with van der Waals surface area (Å²) in [6.07, 6.45) is 14.2. The van der Waals surface area contributed by atoms with Crippen LogP contribution in [0.3, 0.4) is 0 Å². The summed E-state index contributed by atoms with van der Waals surface area (Å²) in [5, 5.41) is 17.9. The monoisotopic (exact) mass is 568 g/mol. The summed E-state index contributed by atoms with van der Waals surface area (Å²) in [5.41, 5.74) is 9.58. The van der Waals surface area contributed by atoms with Gasteiger partial charge in [-0.3, -0.25) is 40.7 Å². The second-order valence-corrected chi connectivity index (χ2v) is 10.1. The normalized spacial score (nSPS) is 12.9. The number of aromatic nitrogens is 6. The van der Waals surface area contributed by atoms with E-state index in [1.807, 2.05) is 97.1 Å². The van der Waals surface area contributed by atoms with Crippen molar-refractivity contribution in [3.8, 4) is 45.3 Å². The Morgan fingerprint density at radius 1 is 0.341 bits per heavy atom. The Bertz CT molecular complexity index is 1950. The third-order valence-corrected chi connectivity index (χ3v) is 7.31. The zero-order chi connectivity index (χ0) is 29.9. The molecule has 0 spiro atoms. The van der Waals surface area contributed by atoms with Gasteiger partial charge in [0.15, 0.2) is 0 Å². The lowest BCUT2D eigenvalue weighted by Gasteiger charge is -2.18. The minimum atomic E-state index is 0.142. The first kappa shape index (κ1) is 26.6. The maximum atomic E-state index is 8.93. The summed E-state index contributed by atoms with van der Waals surface area (Å²) in [6.45, 7) is 0. The van der Waals surface area contributed by atoms with Crippen LogP contribution in [0, 0.1) is 10.8 Å². The summed E-state index contributed by atoms with van der Waals surface area (Å²) in [5.74, 6) is 0. The van der Waals surface area contributed by atoms with Crippen LogP contribution < -0.4 is 0 Å². The van der Waals surface area contributed by atoms with Crippen molar-refractivity contribution in [1.82, 2.24) is 29.9 Å². The zero-order valence-corrected chi connectivity index (χ0v) is 23.4. The minimum absolute atomic E-state index is 0.142. The van der Waals surface area contributed by atoms with Gasteiger partial charge in [-0.05, 0) is 83.9 Å². The molecule has 0 aromatic carbocycles. The van der Waals surface area contributed by atoms with Crippen molar-refractivity contribution >= 4 is 22.6 Å². The highest BCUT2D eigenvalue weighted by molar-refractivity contribution is 6.68. The van der Waals surface area contributed by atoms with Gasteiger partial charge in [-0.2, -0.15) is 0 Å². The molecule has 8 heteroatoms. The lowest BCUT2D eigenvalue weighted by atomic mass is 9.86. The molecular weight excluding hydrogens is 544 g/mol. The molecule has 1 aliphatic carbocycles. The van der Waals surface area contributed by atoms with E-state index in [0.717, 1.165) is 56.4 Å². The summed E-state index contributed by atoms with van der Waals surface area (Å²) in [6, 6.07) is 26.8. The lowest BCUT2D eigenvalue weighted by molar-refractivity contribution is 1.24. The molecule has 2 N–H and O–H groups in total. The predicted octanol–water partition coefficient (Wildman–Crippen LogP) is 7.24. The van der Waals surface area contributed by atoms with Crippen molar-refractivity contribution in [2.75, 3.05) is 0 Å². The van der Waals surface area contributed by atoms with Gasteiger partial charge in [0.25, 0.3) is 0 Å². The molecule has 0 fully saturated rings. The predicted molar refractivity (Wildman–Crippen MR) is 173 cm³/mol. The van der Waals surface area contributed by atoms with E-state index in [9.17, 15) is 0 Å². The standard InChI is InChI=1S/C36H24N8/c37-35-27(23-9-15-41-31(19-23)25-11-17-43-33(21-25)29-5-1-3-13-39-29)7-8-28(36(35)38)24-10-16-42-32(20-24)26-12-18-44-34(22-26)30-6-2-4-14-40-30/h1-22,37-38H. The molecule has 0 atom stereocenters. The SMILES string of the molecule is N=C1C(=N)C(c2ccnc(-c3ccnc(-c4ccccn4)c3)c2)=CC=C1c1ccnc(-c2ccnc(-c3ccccn3)c2)c1. The Balaban J connectivity index is 1.19. The summed E-state index contributed by atoms with van der Waals surface area (Å²) in [7, 11) is 0. The zero-order valence-electron chi connectivity index (χ0n) is 23.4. The molecule has 44 heavy (non-hydrogen) atoms. The average molecular weight is 569 g/mol. The molecule has 1 aliphatic rings. The first-order chi connectivity index (χ1) is 21.6. The maximum Gasteiger partial charge on any atom is 0.0892 e. The fourth-order valence-corrected chi connectivity index (χ4v) is 5.08. The van der Waals surface area contributed by atoms with Crippen LogP contribution in [0.15, 0.2) is 134 Å². The summed E-state index contributed by atoms with van der Waals surface area (Å²) < 4.78 is 0. The molecule has 0 unspecified atom stereocenters. The molecule has 0 amide bonds. The number of nitrogens with one attached hydrogen (secondary N) is 2. The number of hydrogen-bond acceptors (Lipinski definition) is 8. The van der Waals surface area contributed by atoms with Crippen LogP contribution >= 0.6 is 0 Å². The molecule has 0 radical (unpaired) electrons. The van der Waals surface area contributed by atoms with E-state index in [1.54, 1.807) is 37.2 Å². The molecule has 6 aromatic rings. The molecule has 0 bridgehead atoms. The second-order valence-electron chi connectivity index (χ2n) is 10.1. The molecule has 0 saturated carbocycles. The Morgan fingerprint density at radius 2 is 0.705 bits per heavy atom. The van der Waals surface area contributed by atoms with Crippen LogP contribution in [0.2, 0.25) is 0 Å². The van der Waals surface area contributed by atoms with E-state index in [-0.39, 0.29) is 11.4 Å². The molecule has 8 nitrogen and oxygen atoms in total. The van der Waals surface area contributed by atoms with Crippen LogP contribution in [0.5, 0.6) is 0 Å². The highest BCUT2D eigenvalue weighted by Crippen LogP contribution is 2.31. The van der Waals surface area contributed by atoms with Crippen LogP contribution in [0.1, 0.15) is 11.1 Å². The number of rotatable bonds is 6. The third-order valence-electron chi connectivity index (χ3n) is 7.31. The van der Waals surface area contributed by atoms with Crippen LogP contribution in [0.4, 0.5) is 0 Å². The fraction of sp³-hybridized carbons (Fsp3) is 0. The topological polar surface area (TPSA) is 125 Å². The lowest BCUT2D eigenvalue weighted by Crippen LogP contribution is -2.18. The van der Waals surface area contributed by atoms with E-state index < -0.39 is 0 Å². The van der Waals surface area contributed by atoms with Crippen LogP contribution in [-0.2, 0) is 0 Å². The van der Waals surface area contributed by atoms with Crippen molar-refractivity contribution < 1.29 is 0 Å². The van der Waals surface area contributed by atoms with Crippen molar-refractivity contribution in [2.24, 2.45) is 0 Å². The van der Waals surface area contributed by atoms with Crippen molar-refractivity contribution in [1.29, 1.82) is 10.8 Å². The molecule has 6 heterocycles. The molecule has 0 aliphatic heterocycles. The Hall–Kier alpha value is -6.28. The van der Waals surface area contributed by atoms with E-state index >= 15 is 0 Å². The smallest absolute Gasteiger partial charge is 0.0892 e. The minimum Gasteiger partial charge on any atom is -0.298 e. The van der Waals surface area contributed by atoms with Gasteiger partial charge in [-0.1, -0.05) is 24.3 Å². The summed E-state index contributed by atoms with van der Waals surface area (Å²) in [4.78, 5) is 26.9. The van der Waals surface area contributed by atoms with Gasteiger partial charge in [-0.15, -0.1) is 0 Å². The van der Waals surface area contributed by atoms with Crippen LogP contribution in [0.25, 0.3) is 56.4 Å². The van der Waals surface area contributed by atoms with E-state index in [4.69, 9.17) is 10.8 Å². The van der Waals surface area contributed by atoms with Crippen molar-refractivity contribution in [3.63, 3.8) is 0 Å². The molecule has 208 valence electrons. The van der Waals surface area contributed by atoms with E-state index in [0.29, 0.717) is 11.1 Å². The van der Waals surface area contributed by atoms with Crippen molar-refractivity contribution in [2.45, 2.75) is 0 Å². The summed E-state index contributed by atoms with van der Waals surface area (Å²) >= 11 is 0. The van der Waals surface area contributed by atoms with E-state index in [1.165, 1.54) is 0 Å². The van der Waals surface area contributed by atoms with E-state index in [2.05, 4.69) is 29.9 Å². The fourth-order valence-electron chi connectivity index (χ4n) is 5.08. The number of hydrogen-bond donors (Lipinski definition) is 2. The Morgan fingerprint density at radius 3 is 1.11 bits per heavy atom. The molecule has 0 saturated heterocycles. The van der Waals surface area contributed by atoms with Gasteiger partial charge in [0, 0.05) is 59.5 Å². The van der Waals surface area contributed by atoms with Gasteiger partial charge in [0.2, 0.25) is 0 Å². The van der Waals surface area contributed by atoms with Gasteiger partial charge < -0.3 is 0 Å². The highest BCUT2D eigenvalue weighted by Gasteiger charge is 2.22. The Kier molecular flexibility index (Phi) is 6.98. The average Bonchev–Trinajstić information content (AvgIpc) is 3.10. The van der Waals surface area contributed by atoms with Crippen LogP contribution in [-0.4, -0.2) is 41.3 Å². The van der Waals surface area contributed by atoms with Gasteiger partial charge in [0.1, 0.15) is 0 Å². The molecular formula is C36H24N8. The first-order valence-corrected chi connectivity index (χ1v) is 13.9. The molecule has 6 aromatic heterocycles. The first-order valence-electron chi connectivity index (χ1n) is 13.9.